The molecule has 0 aliphatic rings. The van der Waals surface area contributed by atoms with Gasteiger partial charge in [-0.2, -0.15) is 11.8 Å². The zero-order chi connectivity index (χ0) is 7.28. The predicted molar refractivity (Wildman–Crippen MR) is 41.9 cm³/mol. The molecule has 0 spiro atoms. The topological polar surface area (TPSA) is 29.1 Å². The lowest BCUT2D eigenvalue weighted by Crippen LogP contribution is -2.34. The number of rotatable bonds is 4. The number of thioether (sulfide) groups is 1. The van der Waals surface area contributed by atoms with Crippen molar-refractivity contribution in [2.45, 2.75) is 13.0 Å². The lowest BCUT2D eigenvalue weighted by Gasteiger charge is -2.09. The molecule has 0 rings (SSSR count). The Bertz CT molecular complexity index is 95.1. The van der Waals surface area contributed by atoms with E-state index in [4.69, 9.17) is 0 Å². The van der Waals surface area contributed by atoms with Gasteiger partial charge in [-0.05, 0) is 20.2 Å². The summed E-state index contributed by atoms with van der Waals surface area (Å²) in [5.41, 5.74) is 0. The summed E-state index contributed by atoms with van der Waals surface area (Å²) in [6, 6.07) is 0.0417. The van der Waals surface area contributed by atoms with Crippen molar-refractivity contribution in [2.24, 2.45) is 0 Å². The molecule has 0 heterocycles. The molecule has 54 valence electrons. The number of hydrogen-bond acceptors (Lipinski definition) is 3. The average molecular weight is 147 g/mol. The van der Waals surface area contributed by atoms with Crippen molar-refractivity contribution in [2.75, 3.05) is 19.1 Å². The summed E-state index contributed by atoms with van der Waals surface area (Å²) >= 11 is 1.68. The minimum Gasteiger partial charge on any atom is -0.310 e. The molecule has 0 aromatic heterocycles. The standard InChI is InChI=1S/C6H13NOS/c1-5(8)6(7-2)4-9-3/h6-7H,4H2,1-3H3/t6-/m1/s1. The van der Waals surface area contributed by atoms with Crippen LogP contribution in [0.5, 0.6) is 0 Å². The lowest BCUT2D eigenvalue weighted by molar-refractivity contribution is -0.118. The highest BCUT2D eigenvalue weighted by Gasteiger charge is 2.08. The quantitative estimate of drug-likeness (QED) is 0.629. The monoisotopic (exact) mass is 147 g/mol. The molecule has 0 aliphatic heterocycles. The second kappa shape index (κ2) is 4.82. The third kappa shape index (κ3) is 3.54. The third-order valence-electron chi connectivity index (χ3n) is 1.17. The van der Waals surface area contributed by atoms with E-state index in [1.807, 2.05) is 13.3 Å². The van der Waals surface area contributed by atoms with E-state index in [9.17, 15) is 4.79 Å². The Hall–Kier alpha value is -0.0200. The minimum absolute atomic E-state index is 0.0417. The van der Waals surface area contributed by atoms with Crippen LogP contribution in [0.3, 0.4) is 0 Å². The number of likely N-dealkylation sites (N-methyl/N-ethyl adjacent to an activating group) is 1. The molecule has 0 bridgehead atoms. The maximum absolute atomic E-state index is 10.7. The second-order valence-corrected chi connectivity index (χ2v) is 2.82. The molecule has 0 aromatic rings. The van der Waals surface area contributed by atoms with Crippen LogP contribution in [0, 0.1) is 0 Å². The average Bonchev–Trinajstić information content (AvgIpc) is 1.82. The molecule has 1 atom stereocenters. The Morgan fingerprint density at radius 1 is 1.78 bits per heavy atom. The molecule has 0 radical (unpaired) electrons. The summed E-state index contributed by atoms with van der Waals surface area (Å²) in [4.78, 5) is 10.7. The van der Waals surface area contributed by atoms with Gasteiger partial charge in [-0.3, -0.25) is 4.79 Å². The van der Waals surface area contributed by atoms with Crippen molar-refractivity contribution < 1.29 is 4.79 Å². The van der Waals surface area contributed by atoms with Crippen LogP contribution >= 0.6 is 11.8 Å². The van der Waals surface area contributed by atoms with Crippen LogP contribution in [-0.2, 0) is 4.79 Å². The van der Waals surface area contributed by atoms with Crippen LogP contribution in [0.4, 0.5) is 0 Å². The maximum atomic E-state index is 10.7. The molecule has 0 unspecified atom stereocenters. The molecule has 0 saturated carbocycles. The first-order valence-corrected chi connectivity index (χ1v) is 4.28. The van der Waals surface area contributed by atoms with Gasteiger partial charge in [-0.25, -0.2) is 0 Å². The highest BCUT2D eigenvalue weighted by molar-refractivity contribution is 7.98. The molecule has 9 heavy (non-hydrogen) atoms. The fraction of sp³-hybridized carbons (Fsp3) is 0.833. The Morgan fingerprint density at radius 2 is 2.33 bits per heavy atom. The van der Waals surface area contributed by atoms with E-state index < -0.39 is 0 Å². The van der Waals surface area contributed by atoms with Crippen LogP contribution in [-0.4, -0.2) is 30.9 Å². The van der Waals surface area contributed by atoms with Gasteiger partial charge in [0.15, 0.2) is 0 Å². The van der Waals surface area contributed by atoms with Gasteiger partial charge in [0.2, 0.25) is 0 Å². The Morgan fingerprint density at radius 3 is 2.44 bits per heavy atom. The fourth-order valence-electron chi connectivity index (χ4n) is 0.571. The largest absolute Gasteiger partial charge is 0.310 e. The normalized spacial score (nSPS) is 13.2. The van der Waals surface area contributed by atoms with Gasteiger partial charge in [0, 0.05) is 5.75 Å². The van der Waals surface area contributed by atoms with Crippen molar-refractivity contribution in [1.29, 1.82) is 0 Å². The van der Waals surface area contributed by atoms with Crippen molar-refractivity contribution >= 4 is 17.5 Å². The molecule has 0 amide bonds. The van der Waals surface area contributed by atoms with Crippen molar-refractivity contribution in [3.63, 3.8) is 0 Å². The zero-order valence-electron chi connectivity index (χ0n) is 6.10. The summed E-state index contributed by atoms with van der Waals surface area (Å²) < 4.78 is 0. The van der Waals surface area contributed by atoms with Crippen molar-refractivity contribution in [3.05, 3.63) is 0 Å². The van der Waals surface area contributed by atoms with Gasteiger partial charge in [-0.1, -0.05) is 0 Å². The van der Waals surface area contributed by atoms with Gasteiger partial charge in [0.1, 0.15) is 5.78 Å². The minimum atomic E-state index is 0.0417. The maximum Gasteiger partial charge on any atom is 0.147 e. The highest BCUT2D eigenvalue weighted by Crippen LogP contribution is 1.96. The molecule has 0 fully saturated rings. The van der Waals surface area contributed by atoms with Gasteiger partial charge >= 0.3 is 0 Å². The summed E-state index contributed by atoms with van der Waals surface area (Å²) in [7, 11) is 1.81. The van der Waals surface area contributed by atoms with E-state index in [-0.39, 0.29) is 11.8 Å². The van der Waals surface area contributed by atoms with E-state index in [2.05, 4.69) is 5.32 Å². The first kappa shape index (κ1) is 8.98. The number of ketones is 1. The van der Waals surface area contributed by atoms with Gasteiger partial charge < -0.3 is 5.32 Å². The molecule has 3 heteroatoms. The number of nitrogens with one attached hydrogen (secondary N) is 1. The van der Waals surface area contributed by atoms with Gasteiger partial charge in [0.05, 0.1) is 6.04 Å². The van der Waals surface area contributed by atoms with E-state index in [0.29, 0.717) is 0 Å². The Labute approximate surface area is 60.4 Å². The lowest BCUT2D eigenvalue weighted by atomic mass is 10.2. The van der Waals surface area contributed by atoms with Crippen molar-refractivity contribution in [3.8, 4) is 0 Å². The van der Waals surface area contributed by atoms with Crippen LogP contribution in [0.1, 0.15) is 6.92 Å². The molecule has 2 nitrogen and oxygen atoms in total. The first-order valence-electron chi connectivity index (χ1n) is 2.89. The van der Waals surface area contributed by atoms with E-state index >= 15 is 0 Å². The van der Waals surface area contributed by atoms with Crippen LogP contribution in [0.15, 0.2) is 0 Å². The number of hydrogen-bond donors (Lipinski definition) is 1. The third-order valence-corrected chi connectivity index (χ3v) is 1.84. The molecule has 0 saturated heterocycles. The predicted octanol–water partition coefficient (Wildman–Crippen LogP) is 0.526. The van der Waals surface area contributed by atoms with Crippen LogP contribution in [0.2, 0.25) is 0 Å². The molecule has 0 aliphatic carbocycles. The Balaban J connectivity index is 3.54. The van der Waals surface area contributed by atoms with E-state index in [1.165, 1.54) is 0 Å². The number of carbonyl (C=O) groups excluding carboxylic acids is 1. The molecule has 1 N–H and O–H groups in total. The summed E-state index contributed by atoms with van der Waals surface area (Å²) in [5, 5.41) is 2.93. The number of carbonyl (C=O) groups is 1. The SMILES string of the molecule is CN[C@H](CSC)C(C)=O. The van der Waals surface area contributed by atoms with Gasteiger partial charge in [0.25, 0.3) is 0 Å². The van der Waals surface area contributed by atoms with Crippen LogP contribution in [0.25, 0.3) is 0 Å². The number of Topliss-reactive ketones (excluding diaryl/α,β-unsaturated/α-hetero) is 1. The fourth-order valence-corrected chi connectivity index (χ4v) is 1.31. The Kier molecular flexibility index (Phi) is 4.81. The molecular weight excluding hydrogens is 134 g/mol. The molecule has 0 aromatic carbocycles. The summed E-state index contributed by atoms with van der Waals surface area (Å²) in [6.07, 6.45) is 1.99. The smallest absolute Gasteiger partial charge is 0.147 e. The first-order chi connectivity index (χ1) is 4.22. The van der Waals surface area contributed by atoms with E-state index in [0.717, 1.165) is 5.75 Å². The second-order valence-electron chi connectivity index (χ2n) is 1.91. The van der Waals surface area contributed by atoms with E-state index in [1.54, 1.807) is 18.7 Å². The summed E-state index contributed by atoms with van der Waals surface area (Å²) in [6.45, 7) is 1.61. The van der Waals surface area contributed by atoms with Gasteiger partial charge in [-0.15, -0.1) is 0 Å². The zero-order valence-corrected chi connectivity index (χ0v) is 6.92. The highest BCUT2D eigenvalue weighted by atomic mass is 32.2. The van der Waals surface area contributed by atoms with Crippen LogP contribution < -0.4 is 5.32 Å². The summed E-state index contributed by atoms with van der Waals surface area (Å²) in [5.74, 6) is 1.08. The van der Waals surface area contributed by atoms with Crippen molar-refractivity contribution in [1.82, 2.24) is 5.32 Å². The molecular formula is C6H13NOS.